The average molecular weight is 145 g/mol. The fourth-order valence-corrected chi connectivity index (χ4v) is 0.392. The van der Waals surface area contributed by atoms with Crippen LogP contribution in [0.3, 0.4) is 0 Å². The van der Waals surface area contributed by atoms with Gasteiger partial charge < -0.3 is 4.74 Å². The van der Waals surface area contributed by atoms with Crippen molar-refractivity contribution in [1.29, 1.82) is 0 Å². The quantitative estimate of drug-likeness (QED) is 0.357. The Morgan fingerprint density at radius 1 is 1.89 bits per heavy atom. The van der Waals surface area contributed by atoms with Gasteiger partial charge in [0.1, 0.15) is 5.76 Å². The van der Waals surface area contributed by atoms with Gasteiger partial charge in [-0.15, -0.1) is 0 Å². The van der Waals surface area contributed by atoms with E-state index < -0.39 is 0 Å². The first-order valence-corrected chi connectivity index (χ1v) is 3.28. The van der Waals surface area contributed by atoms with Crippen molar-refractivity contribution in [1.82, 2.24) is 0 Å². The van der Waals surface area contributed by atoms with E-state index in [4.69, 9.17) is 4.74 Å². The van der Waals surface area contributed by atoms with E-state index in [1.165, 1.54) is 0 Å². The van der Waals surface area contributed by atoms with Gasteiger partial charge in [0.2, 0.25) is 0 Å². The van der Waals surface area contributed by atoms with Crippen LogP contribution in [-0.2, 0) is 4.74 Å². The molecule has 0 aliphatic heterocycles. The highest BCUT2D eigenvalue weighted by Crippen LogP contribution is 1.84. The summed E-state index contributed by atoms with van der Waals surface area (Å²) in [6, 6.07) is 0. The van der Waals surface area contributed by atoms with Crippen molar-refractivity contribution in [2.24, 2.45) is 4.99 Å². The van der Waals surface area contributed by atoms with Gasteiger partial charge >= 0.3 is 0 Å². The molecule has 0 unspecified atom stereocenters. The zero-order valence-corrected chi connectivity index (χ0v) is 6.40. The summed E-state index contributed by atoms with van der Waals surface area (Å²) in [4.78, 5) is 3.93. The topological polar surface area (TPSA) is 21.6 Å². The van der Waals surface area contributed by atoms with E-state index in [1.54, 1.807) is 13.3 Å². The average Bonchev–Trinajstić information content (AvgIpc) is 1.89. The third kappa shape index (κ3) is 5.43. The number of thiol groups is 1. The summed E-state index contributed by atoms with van der Waals surface area (Å²) in [5.41, 5.74) is 0. The van der Waals surface area contributed by atoms with Crippen molar-refractivity contribution in [3.8, 4) is 0 Å². The zero-order valence-electron chi connectivity index (χ0n) is 5.50. The summed E-state index contributed by atoms with van der Waals surface area (Å²) in [6.07, 6.45) is 1.59. The van der Waals surface area contributed by atoms with E-state index >= 15 is 0 Å². The van der Waals surface area contributed by atoms with Crippen LogP contribution in [0, 0.1) is 0 Å². The minimum Gasteiger partial charge on any atom is -0.496 e. The number of methoxy groups -OCH3 is 1. The molecule has 0 aromatic rings. The number of allylic oxidation sites excluding steroid dienone is 1. The molecule has 0 aromatic carbocycles. The first-order chi connectivity index (χ1) is 4.31. The Labute approximate surface area is 61.0 Å². The summed E-state index contributed by atoms with van der Waals surface area (Å²) in [7, 11) is 1.56. The monoisotopic (exact) mass is 145 g/mol. The van der Waals surface area contributed by atoms with E-state index in [0.29, 0.717) is 12.3 Å². The van der Waals surface area contributed by atoms with Crippen LogP contribution in [-0.4, -0.2) is 25.6 Å². The molecule has 0 atom stereocenters. The van der Waals surface area contributed by atoms with Gasteiger partial charge in [-0.1, -0.05) is 6.58 Å². The number of rotatable bonds is 4. The third-order valence-electron chi connectivity index (χ3n) is 0.727. The molecule has 0 saturated heterocycles. The largest absolute Gasteiger partial charge is 0.496 e. The maximum atomic E-state index is 4.73. The van der Waals surface area contributed by atoms with Gasteiger partial charge in [0, 0.05) is 12.3 Å². The summed E-state index contributed by atoms with van der Waals surface area (Å²) in [6.45, 7) is 4.26. The highest BCUT2D eigenvalue weighted by molar-refractivity contribution is 7.80. The first kappa shape index (κ1) is 8.56. The standard InChI is InChI=1S/C6H11NOS/c1-6(8-2)5-7-3-4-9/h5,9H,1,3-4H2,2H3. The highest BCUT2D eigenvalue weighted by Gasteiger charge is 1.80. The second-order valence-corrected chi connectivity index (χ2v) is 1.88. The molecule has 0 radical (unpaired) electrons. The molecule has 0 heterocycles. The Bertz CT molecular complexity index is 112. The fraction of sp³-hybridized carbons (Fsp3) is 0.500. The van der Waals surface area contributed by atoms with E-state index in [1.807, 2.05) is 0 Å². The first-order valence-electron chi connectivity index (χ1n) is 2.65. The molecule has 0 saturated carbocycles. The molecular formula is C6H11NOS. The molecule has 0 bridgehead atoms. The zero-order chi connectivity index (χ0) is 7.11. The molecule has 0 amide bonds. The molecule has 0 N–H and O–H groups in total. The van der Waals surface area contributed by atoms with E-state index in [2.05, 4.69) is 24.2 Å². The van der Waals surface area contributed by atoms with Crippen LogP contribution in [0.2, 0.25) is 0 Å². The number of aliphatic imine (C=N–C) groups is 1. The molecular weight excluding hydrogens is 134 g/mol. The molecule has 0 rings (SSSR count). The molecule has 0 fully saturated rings. The molecule has 52 valence electrons. The Morgan fingerprint density at radius 2 is 2.56 bits per heavy atom. The normalized spacial score (nSPS) is 10.0. The number of hydrogen-bond donors (Lipinski definition) is 1. The summed E-state index contributed by atoms with van der Waals surface area (Å²) < 4.78 is 4.73. The number of nitrogens with zero attached hydrogens (tertiary/aromatic N) is 1. The van der Waals surface area contributed by atoms with Crippen LogP contribution >= 0.6 is 12.6 Å². The van der Waals surface area contributed by atoms with Crippen LogP contribution in [0.1, 0.15) is 0 Å². The highest BCUT2D eigenvalue weighted by atomic mass is 32.1. The minimum atomic E-state index is 0.580. The maximum Gasteiger partial charge on any atom is 0.129 e. The van der Waals surface area contributed by atoms with Gasteiger partial charge in [-0.05, 0) is 0 Å². The Hall–Kier alpha value is -0.440. The minimum absolute atomic E-state index is 0.580. The van der Waals surface area contributed by atoms with Crippen LogP contribution < -0.4 is 0 Å². The fourth-order valence-electron chi connectivity index (χ4n) is 0.277. The molecule has 0 aromatic heterocycles. The SMILES string of the molecule is C=C(C=NCCS)OC. The molecule has 0 aliphatic carbocycles. The second kappa shape index (κ2) is 5.69. The predicted molar refractivity (Wildman–Crippen MR) is 43.4 cm³/mol. The van der Waals surface area contributed by atoms with Crippen LogP contribution in [0.25, 0.3) is 0 Å². The van der Waals surface area contributed by atoms with Crippen molar-refractivity contribution in [2.45, 2.75) is 0 Å². The predicted octanol–water partition coefficient (Wildman–Crippen LogP) is 1.15. The number of ether oxygens (including phenoxy) is 1. The maximum absolute atomic E-state index is 4.73. The summed E-state index contributed by atoms with van der Waals surface area (Å²) in [5.74, 6) is 1.34. The van der Waals surface area contributed by atoms with Gasteiger partial charge in [0.15, 0.2) is 0 Å². The lowest BCUT2D eigenvalue weighted by molar-refractivity contribution is 0.319. The van der Waals surface area contributed by atoms with Crippen molar-refractivity contribution in [2.75, 3.05) is 19.4 Å². The lowest BCUT2D eigenvalue weighted by Gasteiger charge is -1.93. The van der Waals surface area contributed by atoms with Crippen molar-refractivity contribution < 1.29 is 4.74 Å². The van der Waals surface area contributed by atoms with Crippen molar-refractivity contribution in [3.63, 3.8) is 0 Å². The van der Waals surface area contributed by atoms with Crippen molar-refractivity contribution >= 4 is 18.8 Å². The Kier molecular flexibility index (Phi) is 5.41. The second-order valence-electron chi connectivity index (χ2n) is 1.43. The van der Waals surface area contributed by atoms with Gasteiger partial charge in [-0.25, -0.2) is 0 Å². The van der Waals surface area contributed by atoms with Crippen LogP contribution in [0.5, 0.6) is 0 Å². The van der Waals surface area contributed by atoms with Crippen LogP contribution in [0.15, 0.2) is 17.3 Å². The number of hydrogen-bond acceptors (Lipinski definition) is 3. The van der Waals surface area contributed by atoms with E-state index in [9.17, 15) is 0 Å². The Morgan fingerprint density at radius 3 is 3.00 bits per heavy atom. The van der Waals surface area contributed by atoms with Gasteiger partial charge in [-0.2, -0.15) is 12.6 Å². The lowest BCUT2D eigenvalue weighted by atomic mass is 10.6. The molecule has 3 heteroatoms. The molecule has 0 aliphatic rings. The summed E-state index contributed by atoms with van der Waals surface area (Å²) in [5, 5.41) is 0. The van der Waals surface area contributed by atoms with Gasteiger partial charge in [0.05, 0.1) is 13.3 Å². The van der Waals surface area contributed by atoms with E-state index in [0.717, 1.165) is 5.75 Å². The lowest BCUT2D eigenvalue weighted by Crippen LogP contribution is -1.87. The van der Waals surface area contributed by atoms with Crippen molar-refractivity contribution in [3.05, 3.63) is 12.3 Å². The smallest absolute Gasteiger partial charge is 0.129 e. The third-order valence-corrected chi connectivity index (χ3v) is 0.927. The molecule has 0 spiro atoms. The van der Waals surface area contributed by atoms with Gasteiger partial charge in [0.25, 0.3) is 0 Å². The molecule has 2 nitrogen and oxygen atoms in total. The van der Waals surface area contributed by atoms with Gasteiger partial charge in [-0.3, -0.25) is 4.99 Å². The Balaban J connectivity index is 3.32. The molecule has 9 heavy (non-hydrogen) atoms. The van der Waals surface area contributed by atoms with Crippen LogP contribution in [0.4, 0.5) is 0 Å². The summed E-state index contributed by atoms with van der Waals surface area (Å²) >= 11 is 3.97. The van der Waals surface area contributed by atoms with E-state index in [-0.39, 0.29) is 0 Å².